The Balaban J connectivity index is 1.50. The number of carbonyl (C=O) groups is 1. The minimum Gasteiger partial charge on any atom is -0.378 e. The average molecular weight is 438 g/mol. The second-order valence-corrected chi connectivity index (χ2v) is 7.24. The average Bonchev–Trinajstić information content (AvgIpc) is 3.48. The second-order valence-electron chi connectivity index (χ2n) is 7.24. The summed E-state index contributed by atoms with van der Waals surface area (Å²) in [6.07, 6.45) is 0. The number of hydrogen-bond acceptors (Lipinski definition) is 8. The number of fused-ring (bicyclic) bond motifs is 1. The van der Waals surface area contributed by atoms with Gasteiger partial charge in [-0.2, -0.15) is 9.78 Å². The molecular weight excluding hydrogens is 420 g/mol. The summed E-state index contributed by atoms with van der Waals surface area (Å²) in [4.78, 5) is 13.2. The Labute approximate surface area is 187 Å². The summed E-state index contributed by atoms with van der Waals surface area (Å²) in [5.74, 6) is -0.504. The molecule has 0 aliphatic heterocycles. The van der Waals surface area contributed by atoms with E-state index in [-0.39, 0.29) is 17.3 Å². The van der Waals surface area contributed by atoms with Crippen LogP contribution >= 0.6 is 0 Å². The fourth-order valence-electron chi connectivity index (χ4n) is 3.43. The quantitative estimate of drug-likeness (QED) is 0.317. The van der Waals surface area contributed by atoms with Crippen molar-refractivity contribution in [2.45, 2.75) is 6.92 Å². The van der Waals surface area contributed by atoms with Gasteiger partial charge in [0.25, 0.3) is 5.91 Å². The van der Waals surface area contributed by atoms with Crippen LogP contribution in [0.2, 0.25) is 0 Å². The van der Waals surface area contributed by atoms with Gasteiger partial charge < -0.3 is 5.73 Å². The molecule has 0 unspecified atom stereocenters. The van der Waals surface area contributed by atoms with Gasteiger partial charge in [0.05, 0.1) is 5.71 Å². The van der Waals surface area contributed by atoms with Crippen molar-refractivity contribution in [3.8, 4) is 17.1 Å². The normalized spacial score (nSPS) is 11.6. The largest absolute Gasteiger partial charge is 0.378 e. The molecule has 2 aromatic heterocycles. The number of aromatic nitrogens is 5. The molecule has 0 bridgehead atoms. The summed E-state index contributed by atoms with van der Waals surface area (Å²) < 4.78 is 5.85. The van der Waals surface area contributed by atoms with Crippen LogP contribution < -0.4 is 11.2 Å². The summed E-state index contributed by atoms with van der Waals surface area (Å²) in [5.41, 5.74) is 11.1. The van der Waals surface area contributed by atoms with Gasteiger partial charge in [0, 0.05) is 5.56 Å². The van der Waals surface area contributed by atoms with Crippen LogP contribution in [0, 0.1) is 0 Å². The minimum atomic E-state index is -0.540. The zero-order valence-electron chi connectivity index (χ0n) is 17.5. The van der Waals surface area contributed by atoms with Gasteiger partial charge in [-0.15, -0.1) is 5.10 Å². The molecule has 10 heteroatoms. The summed E-state index contributed by atoms with van der Waals surface area (Å²) in [7, 11) is 0. The van der Waals surface area contributed by atoms with Crippen LogP contribution in [0.15, 0.2) is 82.5 Å². The molecule has 10 nitrogen and oxygen atoms in total. The fraction of sp³-hybridized carbons (Fsp3) is 0.0435. The minimum absolute atomic E-state index is 0.0237. The highest BCUT2D eigenvalue weighted by Gasteiger charge is 2.26. The van der Waals surface area contributed by atoms with E-state index in [2.05, 4.69) is 35.8 Å². The van der Waals surface area contributed by atoms with Gasteiger partial charge in [0.1, 0.15) is 5.69 Å². The molecular formula is C23H18N8O2. The Kier molecular flexibility index (Phi) is 5.07. The highest BCUT2D eigenvalue weighted by Crippen LogP contribution is 2.24. The SMILES string of the molecule is CC(=NNC(=O)c1c(-c2ccccc2)nnn1-c1nonc1N)c1ccc2ccccc2c1. The van der Waals surface area contributed by atoms with Gasteiger partial charge in [-0.3, -0.25) is 4.79 Å². The van der Waals surface area contributed by atoms with E-state index < -0.39 is 5.91 Å². The van der Waals surface area contributed by atoms with Crippen molar-refractivity contribution in [2.24, 2.45) is 5.10 Å². The van der Waals surface area contributed by atoms with Gasteiger partial charge in [0.15, 0.2) is 5.69 Å². The van der Waals surface area contributed by atoms with E-state index in [1.807, 2.05) is 79.7 Å². The number of hydrogen-bond donors (Lipinski definition) is 2. The third-order valence-electron chi connectivity index (χ3n) is 5.12. The molecule has 0 saturated carbocycles. The van der Waals surface area contributed by atoms with Crippen molar-refractivity contribution < 1.29 is 9.42 Å². The molecule has 0 radical (unpaired) electrons. The Morgan fingerprint density at radius 3 is 2.52 bits per heavy atom. The summed E-state index contributed by atoms with van der Waals surface area (Å²) >= 11 is 0. The Morgan fingerprint density at radius 1 is 1.00 bits per heavy atom. The van der Waals surface area contributed by atoms with E-state index in [0.717, 1.165) is 16.3 Å². The van der Waals surface area contributed by atoms with Gasteiger partial charge in [-0.25, -0.2) is 10.1 Å². The Bertz CT molecular complexity index is 1490. The molecule has 1 amide bonds. The van der Waals surface area contributed by atoms with E-state index in [1.165, 1.54) is 4.68 Å². The maximum absolute atomic E-state index is 13.2. The highest BCUT2D eigenvalue weighted by atomic mass is 16.6. The van der Waals surface area contributed by atoms with E-state index in [9.17, 15) is 4.79 Å². The number of nitrogen functional groups attached to an aromatic ring is 1. The smallest absolute Gasteiger partial charge is 0.292 e. The lowest BCUT2D eigenvalue weighted by Crippen LogP contribution is -2.23. The number of nitrogens with zero attached hydrogens (tertiary/aromatic N) is 6. The Morgan fingerprint density at radius 2 is 1.76 bits per heavy atom. The molecule has 33 heavy (non-hydrogen) atoms. The number of amides is 1. The lowest BCUT2D eigenvalue weighted by Gasteiger charge is -2.07. The van der Waals surface area contributed by atoms with Crippen molar-refractivity contribution in [1.29, 1.82) is 0 Å². The number of carbonyl (C=O) groups excluding carboxylic acids is 1. The van der Waals surface area contributed by atoms with Crippen LogP contribution in [0.4, 0.5) is 5.82 Å². The van der Waals surface area contributed by atoms with Crippen molar-refractivity contribution in [1.82, 2.24) is 30.7 Å². The van der Waals surface area contributed by atoms with Gasteiger partial charge >= 0.3 is 0 Å². The third kappa shape index (κ3) is 3.81. The summed E-state index contributed by atoms with van der Waals surface area (Å²) in [6, 6.07) is 23.2. The zero-order chi connectivity index (χ0) is 22.8. The van der Waals surface area contributed by atoms with Gasteiger partial charge in [-0.1, -0.05) is 71.9 Å². The monoisotopic (exact) mass is 438 g/mol. The highest BCUT2D eigenvalue weighted by molar-refractivity contribution is 6.04. The fourth-order valence-corrected chi connectivity index (χ4v) is 3.43. The number of rotatable bonds is 5. The number of nitrogens with one attached hydrogen (secondary N) is 1. The maximum atomic E-state index is 13.2. The summed E-state index contributed by atoms with van der Waals surface area (Å²) in [5, 5.41) is 22.0. The first-order valence-corrected chi connectivity index (χ1v) is 10.0. The van der Waals surface area contributed by atoms with E-state index in [4.69, 9.17) is 5.73 Å². The summed E-state index contributed by atoms with van der Waals surface area (Å²) in [6.45, 7) is 1.82. The van der Waals surface area contributed by atoms with Crippen LogP contribution in [-0.2, 0) is 0 Å². The lowest BCUT2D eigenvalue weighted by molar-refractivity contribution is 0.0947. The molecule has 0 saturated heterocycles. The molecule has 0 fully saturated rings. The van der Waals surface area contributed by atoms with Crippen LogP contribution in [0.25, 0.3) is 27.8 Å². The number of benzene rings is 3. The molecule has 0 spiro atoms. The van der Waals surface area contributed by atoms with Crippen LogP contribution in [0.5, 0.6) is 0 Å². The van der Waals surface area contributed by atoms with E-state index in [0.29, 0.717) is 17.0 Å². The van der Waals surface area contributed by atoms with E-state index >= 15 is 0 Å². The van der Waals surface area contributed by atoms with Gasteiger partial charge in [0.2, 0.25) is 11.6 Å². The molecule has 3 aromatic carbocycles. The molecule has 0 aliphatic carbocycles. The third-order valence-corrected chi connectivity index (χ3v) is 5.12. The van der Waals surface area contributed by atoms with Crippen LogP contribution in [0.3, 0.4) is 0 Å². The molecule has 5 rings (SSSR count). The molecule has 0 aliphatic rings. The Hall–Kier alpha value is -4.86. The standard InChI is InChI=1S/C23H18N8O2/c1-14(17-12-11-15-7-5-6-10-18(15)13-17)25-27-23(32)20-19(16-8-3-2-4-9-16)26-30-31(20)22-21(24)28-33-29-22/h2-13H,1H3,(H2,24,28)(H,27,32). The number of hydrazone groups is 1. The predicted octanol–water partition coefficient (Wildman–Crippen LogP) is 3.21. The molecule has 2 heterocycles. The number of nitrogens with two attached hydrogens (primary N) is 1. The molecule has 162 valence electrons. The first-order valence-electron chi connectivity index (χ1n) is 10.0. The van der Waals surface area contributed by atoms with E-state index in [1.54, 1.807) is 0 Å². The molecule has 5 aromatic rings. The van der Waals surface area contributed by atoms with Crippen LogP contribution in [0.1, 0.15) is 23.0 Å². The molecule has 0 atom stereocenters. The number of anilines is 1. The maximum Gasteiger partial charge on any atom is 0.292 e. The van der Waals surface area contributed by atoms with Crippen LogP contribution in [-0.4, -0.2) is 36.9 Å². The topological polar surface area (TPSA) is 137 Å². The molecule has 3 N–H and O–H groups in total. The van der Waals surface area contributed by atoms with Crippen molar-refractivity contribution in [2.75, 3.05) is 5.73 Å². The van der Waals surface area contributed by atoms with Gasteiger partial charge in [-0.05, 0) is 39.6 Å². The zero-order valence-corrected chi connectivity index (χ0v) is 17.5. The first kappa shape index (κ1) is 20.1. The first-order chi connectivity index (χ1) is 16.1. The van der Waals surface area contributed by atoms with Crippen molar-refractivity contribution >= 4 is 28.2 Å². The second kappa shape index (κ2) is 8.35. The lowest BCUT2D eigenvalue weighted by atomic mass is 10.0. The van der Waals surface area contributed by atoms with Crippen molar-refractivity contribution in [3.63, 3.8) is 0 Å². The van der Waals surface area contributed by atoms with Crippen molar-refractivity contribution in [3.05, 3.63) is 84.1 Å². The predicted molar refractivity (Wildman–Crippen MR) is 123 cm³/mol.